The Morgan fingerprint density at radius 1 is 0.446 bits per heavy atom. The number of aliphatic hydroxyl groups excluding tert-OH is 3. The fourth-order valence-corrected chi connectivity index (χ4v) is 10.5. The van der Waals surface area contributed by atoms with E-state index in [1.54, 1.807) is 0 Å². The molecule has 0 aromatic heterocycles. The number of hydrogen-bond acceptors (Lipinski definition) is 11. The fourth-order valence-electron chi connectivity index (χ4n) is 9.76. The molecule has 0 amide bonds. The van der Waals surface area contributed by atoms with Crippen LogP contribution in [0.2, 0.25) is 0 Å². The molecule has 0 saturated carbocycles. The minimum absolute atomic E-state index is 0.108. The molecule has 4 N–H and O–H groups in total. The summed E-state index contributed by atoms with van der Waals surface area (Å²) in [5.74, 6) is -2.02. The van der Waals surface area contributed by atoms with Crippen LogP contribution in [-0.2, 0) is 38.7 Å². The maximum absolute atomic E-state index is 12.9. The highest BCUT2D eigenvalue weighted by Crippen LogP contribution is 2.24. The third-order valence-electron chi connectivity index (χ3n) is 14.5. The third-order valence-corrected chi connectivity index (χ3v) is 15.3. The second-order valence-electron chi connectivity index (χ2n) is 21.7. The zero-order chi connectivity index (χ0) is 54.0. The van der Waals surface area contributed by atoms with Crippen LogP contribution in [0.25, 0.3) is 0 Å². The summed E-state index contributed by atoms with van der Waals surface area (Å²) in [5.41, 5.74) is 0. The molecule has 13 heteroatoms. The van der Waals surface area contributed by atoms with Crippen LogP contribution in [0.5, 0.6) is 0 Å². The SMILES string of the molecule is CCCCCCCCCCCCCCCC/C=C/CC/C=C/CCCC(=O)O[C@H](COC(=O)CCCCCCCCCCCCCCCCCCCCCCCCC)CO[C@H]1O[C@H](CS(=O)(=O)O)[C@@H](O)C(O)C1O. The van der Waals surface area contributed by atoms with Crippen molar-refractivity contribution in [2.24, 2.45) is 0 Å². The molecular formula is C61H114O12S. The van der Waals surface area contributed by atoms with E-state index in [4.69, 9.17) is 18.9 Å². The van der Waals surface area contributed by atoms with E-state index in [0.29, 0.717) is 19.3 Å². The molecule has 1 saturated heterocycles. The van der Waals surface area contributed by atoms with Crippen LogP contribution in [0.15, 0.2) is 24.3 Å². The van der Waals surface area contributed by atoms with Gasteiger partial charge in [-0.2, -0.15) is 8.42 Å². The molecule has 6 atom stereocenters. The van der Waals surface area contributed by atoms with Crippen LogP contribution < -0.4 is 0 Å². The van der Waals surface area contributed by atoms with Crippen molar-refractivity contribution in [2.75, 3.05) is 19.0 Å². The van der Waals surface area contributed by atoms with Crippen molar-refractivity contribution in [2.45, 2.75) is 333 Å². The van der Waals surface area contributed by atoms with Crippen LogP contribution in [0.1, 0.15) is 296 Å². The molecule has 0 aromatic rings. The molecule has 0 aliphatic carbocycles. The summed E-state index contributed by atoms with van der Waals surface area (Å²) in [7, 11) is -4.61. The average molecular weight is 1070 g/mol. The van der Waals surface area contributed by atoms with Gasteiger partial charge in [-0.05, 0) is 44.9 Å². The predicted octanol–water partition coefficient (Wildman–Crippen LogP) is 15.5. The van der Waals surface area contributed by atoms with Crippen molar-refractivity contribution < 1.29 is 56.8 Å². The molecule has 436 valence electrons. The largest absolute Gasteiger partial charge is 0.462 e. The van der Waals surface area contributed by atoms with Gasteiger partial charge in [-0.25, -0.2) is 0 Å². The number of carbonyl (C=O) groups excluding carboxylic acids is 2. The van der Waals surface area contributed by atoms with Crippen molar-refractivity contribution in [1.82, 2.24) is 0 Å². The Morgan fingerprint density at radius 2 is 0.797 bits per heavy atom. The predicted molar refractivity (Wildman–Crippen MR) is 303 cm³/mol. The van der Waals surface area contributed by atoms with Gasteiger partial charge in [-0.15, -0.1) is 0 Å². The highest BCUT2D eigenvalue weighted by Gasteiger charge is 2.46. The number of aliphatic hydroxyl groups is 3. The van der Waals surface area contributed by atoms with Crippen molar-refractivity contribution in [3.63, 3.8) is 0 Å². The van der Waals surface area contributed by atoms with E-state index >= 15 is 0 Å². The first-order chi connectivity index (χ1) is 36.0. The lowest BCUT2D eigenvalue weighted by atomic mass is 10.00. The molecule has 1 heterocycles. The fraction of sp³-hybridized carbons (Fsp3) is 0.902. The molecule has 0 radical (unpaired) electrons. The molecular weight excluding hydrogens is 957 g/mol. The summed E-state index contributed by atoms with van der Waals surface area (Å²) >= 11 is 0. The van der Waals surface area contributed by atoms with Crippen molar-refractivity contribution in [3.8, 4) is 0 Å². The second-order valence-corrected chi connectivity index (χ2v) is 23.2. The molecule has 1 fully saturated rings. The van der Waals surface area contributed by atoms with Crippen molar-refractivity contribution in [1.29, 1.82) is 0 Å². The molecule has 0 bridgehead atoms. The van der Waals surface area contributed by atoms with Gasteiger partial charge in [0.2, 0.25) is 0 Å². The van der Waals surface area contributed by atoms with Crippen molar-refractivity contribution >= 4 is 22.1 Å². The lowest BCUT2D eigenvalue weighted by molar-refractivity contribution is -0.297. The normalized spacial score (nSPS) is 18.7. The quantitative estimate of drug-likeness (QED) is 0.0196. The Balaban J connectivity index is 2.29. The summed E-state index contributed by atoms with van der Waals surface area (Å²) < 4.78 is 54.4. The Bertz CT molecular complexity index is 1440. The van der Waals surface area contributed by atoms with Crippen LogP contribution in [0.3, 0.4) is 0 Å². The van der Waals surface area contributed by atoms with Gasteiger partial charge in [0.1, 0.15) is 36.8 Å². The monoisotopic (exact) mass is 1070 g/mol. The van der Waals surface area contributed by atoms with E-state index < -0.39 is 71.2 Å². The number of unbranched alkanes of at least 4 members (excludes halogenated alkanes) is 38. The van der Waals surface area contributed by atoms with Gasteiger partial charge in [-0.1, -0.05) is 263 Å². The summed E-state index contributed by atoms with van der Waals surface area (Å²) in [6.45, 7) is 3.81. The molecule has 1 aliphatic heterocycles. The Hall–Kier alpha value is -1.87. The Kier molecular flexibility index (Phi) is 48.0. The van der Waals surface area contributed by atoms with Crippen LogP contribution in [0.4, 0.5) is 0 Å². The van der Waals surface area contributed by atoms with Gasteiger partial charge in [-0.3, -0.25) is 14.1 Å². The maximum Gasteiger partial charge on any atom is 0.306 e. The molecule has 1 aliphatic rings. The standard InChI is InChI=1S/C61H114O12S/c1-3-5-7-9-11-13-15-17-19-21-23-25-27-29-31-33-35-37-39-41-43-45-47-49-56(62)70-51-54(52-71-61-60(66)59(65)58(64)55(73-61)53-74(67,68)69)72-57(63)50-48-46-44-42-40-38-36-34-32-30-28-26-24-22-20-18-16-14-12-10-8-6-4-2/h34,36,42,44,54-55,58-61,64-66H,3-33,35,37-41,43,45-53H2,1-2H3,(H,67,68,69)/b36-34+,44-42+/t54-,55-,58-,59?,60?,61+/m1/s1. The number of rotatable bonds is 54. The molecule has 0 spiro atoms. The van der Waals surface area contributed by atoms with Crippen molar-refractivity contribution in [3.05, 3.63) is 24.3 Å². The topological polar surface area (TPSA) is 186 Å². The molecule has 0 aromatic carbocycles. The minimum atomic E-state index is -4.61. The van der Waals surface area contributed by atoms with Gasteiger partial charge in [0, 0.05) is 12.8 Å². The first-order valence-electron chi connectivity index (χ1n) is 30.9. The number of esters is 2. The van der Waals surface area contributed by atoms with E-state index in [0.717, 1.165) is 38.5 Å². The summed E-state index contributed by atoms with van der Waals surface area (Å²) in [6.07, 6.45) is 52.4. The van der Waals surface area contributed by atoms with Gasteiger partial charge in [0.05, 0.1) is 6.61 Å². The zero-order valence-corrected chi connectivity index (χ0v) is 48.3. The average Bonchev–Trinajstić information content (AvgIpc) is 3.37. The number of allylic oxidation sites excluding steroid dienone is 4. The highest BCUT2D eigenvalue weighted by atomic mass is 32.2. The summed E-state index contributed by atoms with van der Waals surface area (Å²) in [6, 6.07) is 0. The number of ether oxygens (including phenoxy) is 4. The Morgan fingerprint density at radius 3 is 1.20 bits per heavy atom. The number of hydrogen-bond donors (Lipinski definition) is 4. The van der Waals surface area contributed by atoms with E-state index in [1.165, 1.54) is 212 Å². The third kappa shape index (κ3) is 44.1. The molecule has 2 unspecified atom stereocenters. The van der Waals surface area contributed by atoms with Crippen LogP contribution in [0, 0.1) is 0 Å². The lowest BCUT2D eigenvalue weighted by Crippen LogP contribution is -2.60. The van der Waals surface area contributed by atoms with E-state index in [2.05, 4.69) is 38.2 Å². The smallest absolute Gasteiger partial charge is 0.306 e. The first-order valence-corrected chi connectivity index (χ1v) is 32.5. The van der Waals surface area contributed by atoms with Crippen LogP contribution >= 0.6 is 0 Å². The Labute approximate surface area is 453 Å². The van der Waals surface area contributed by atoms with Gasteiger partial charge >= 0.3 is 11.9 Å². The molecule has 1 rings (SSSR count). The van der Waals surface area contributed by atoms with E-state index in [-0.39, 0.29) is 19.4 Å². The molecule has 12 nitrogen and oxygen atoms in total. The highest BCUT2D eigenvalue weighted by molar-refractivity contribution is 7.85. The molecule has 74 heavy (non-hydrogen) atoms. The first kappa shape index (κ1) is 70.1. The van der Waals surface area contributed by atoms with Gasteiger partial charge < -0.3 is 34.3 Å². The second kappa shape index (κ2) is 50.6. The van der Waals surface area contributed by atoms with E-state index in [9.17, 15) is 37.9 Å². The zero-order valence-electron chi connectivity index (χ0n) is 47.5. The maximum atomic E-state index is 12.9. The van der Waals surface area contributed by atoms with E-state index in [1.807, 2.05) is 0 Å². The van der Waals surface area contributed by atoms with Gasteiger partial charge in [0.25, 0.3) is 10.1 Å². The summed E-state index contributed by atoms with van der Waals surface area (Å²) in [4.78, 5) is 25.6. The summed E-state index contributed by atoms with van der Waals surface area (Å²) in [5, 5.41) is 31.1. The lowest BCUT2D eigenvalue weighted by Gasteiger charge is -2.40. The minimum Gasteiger partial charge on any atom is -0.462 e. The number of carbonyl (C=O) groups is 2. The van der Waals surface area contributed by atoms with Gasteiger partial charge in [0.15, 0.2) is 12.4 Å². The van der Waals surface area contributed by atoms with Crippen LogP contribution in [-0.4, -0.2) is 96.0 Å².